The van der Waals surface area contributed by atoms with Gasteiger partial charge in [0, 0.05) is 24.6 Å². The van der Waals surface area contributed by atoms with Crippen LogP contribution >= 0.6 is 0 Å². The Morgan fingerprint density at radius 2 is 1.81 bits per heavy atom. The van der Waals surface area contributed by atoms with Gasteiger partial charge in [0.05, 0.1) is 18.9 Å². The zero-order valence-electron chi connectivity index (χ0n) is 15.3. The fraction of sp³-hybridized carbons (Fsp3) is 0.455. The first-order valence-corrected chi connectivity index (χ1v) is 9.84. The van der Waals surface area contributed by atoms with Gasteiger partial charge < -0.3 is 19.1 Å². The van der Waals surface area contributed by atoms with Gasteiger partial charge in [-0.2, -0.15) is 0 Å². The maximum atomic E-state index is 14.8. The van der Waals surface area contributed by atoms with Gasteiger partial charge in [0.25, 0.3) is 0 Å². The molecule has 27 heavy (non-hydrogen) atoms. The first-order valence-electron chi connectivity index (χ1n) is 9.84. The molecule has 5 rings (SSSR count). The summed E-state index contributed by atoms with van der Waals surface area (Å²) in [5.41, 5.74) is 2.60. The summed E-state index contributed by atoms with van der Waals surface area (Å²) in [6.07, 6.45) is 3.22. The Bertz CT molecular complexity index is 830. The van der Waals surface area contributed by atoms with Crippen LogP contribution < -0.4 is 14.4 Å². The van der Waals surface area contributed by atoms with Gasteiger partial charge >= 0.3 is 0 Å². The van der Waals surface area contributed by atoms with E-state index in [-0.39, 0.29) is 5.82 Å². The quantitative estimate of drug-likeness (QED) is 0.800. The molecule has 2 saturated heterocycles. The average molecular weight is 369 g/mol. The Labute approximate surface area is 158 Å². The Morgan fingerprint density at radius 1 is 0.963 bits per heavy atom. The van der Waals surface area contributed by atoms with Crippen molar-refractivity contribution in [1.29, 1.82) is 0 Å². The molecule has 3 aliphatic rings. The molecule has 2 fully saturated rings. The van der Waals surface area contributed by atoms with E-state index in [0.717, 1.165) is 35.8 Å². The summed E-state index contributed by atoms with van der Waals surface area (Å²) < 4.78 is 32.3. The molecule has 3 aliphatic heterocycles. The van der Waals surface area contributed by atoms with E-state index in [1.165, 1.54) is 19.3 Å². The molecule has 2 aromatic carbocycles. The van der Waals surface area contributed by atoms with Crippen molar-refractivity contribution >= 4 is 5.69 Å². The molecule has 0 spiro atoms. The number of fused-ring (bicyclic) bond motifs is 1. The largest absolute Gasteiger partial charge is 0.485 e. The maximum absolute atomic E-state index is 14.8. The summed E-state index contributed by atoms with van der Waals surface area (Å²) in [5.74, 6) is 1.57. The highest BCUT2D eigenvalue weighted by atomic mass is 19.1. The molecular formula is C22H24FNO3. The fourth-order valence-corrected chi connectivity index (χ4v) is 4.10. The van der Waals surface area contributed by atoms with Crippen molar-refractivity contribution in [1.82, 2.24) is 0 Å². The Kier molecular flexibility index (Phi) is 4.40. The fourth-order valence-electron chi connectivity index (χ4n) is 4.10. The Hall–Kier alpha value is -2.27. The number of halogens is 1. The molecule has 5 heteroatoms. The van der Waals surface area contributed by atoms with Crippen molar-refractivity contribution in [3.05, 3.63) is 53.3 Å². The predicted molar refractivity (Wildman–Crippen MR) is 101 cm³/mol. The van der Waals surface area contributed by atoms with Gasteiger partial charge in [-0.05, 0) is 43.0 Å². The zero-order chi connectivity index (χ0) is 18.2. The van der Waals surface area contributed by atoms with Crippen LogP contribution in [0, 0.1) is 5.82 Å². The minimum atomic E-state index is -0.435. The van der Waals surface area contributed by atoms with Crippen LogP contribution in [0.5, 0.6) is 11.5 Å². The molecule has 3 heterocycles. The summed E-state index contributed by atoms with van der Waals surface area (Å²) in [6, 6.07) is 11.5. The minimum absolute atomic E-state index is 0.230. The second-order valence-corrected chi connectivity index (χ2v) is 7.58. The standard InChI is InChI=1S/C22H24FNO3/c23-18-11-15(16-12-25-13-16)7-8-17(18)21-14-26-20-6-4-5-19(22(20)27-21)24-9-2-1-3-10-24/h4-8,11,16,21H,1-3,9-10,12-14H2. The molecule has 0 radical (unpaired) electrons. The monoisotopic (exact) mass is 369 g/mol. The number of rotatable bonds is 3. The van der Waals surface area contributed by atoms with Gasteiger partial charge in [0.15, 0.2) is 17.6 Å². The van der Waals surface area contributed by atoms with Crippen molar-refractivity contribution in [2.24, 2.45) is 0 Å². The summed E-state index contributed by atoms with van der Waals surface area (Å²) in [4.78, 5) is 2.35. The summed E-state index contributed by atoms with van der Waals surface area (Å²) in [6.45, 7) is 3.72. The van der Waals surface area contributed by atoms with E-state index >= 15 is 0 Å². The van der Waals surface area contributed by atoms with Crippen molar-refractivity contribution < 1.29 is 18.6 Å². The van der Waals surface area contributed by atoms with Crippen LogP contribution in [0.4, 0.5) is 10.1 Å². The zero-order valence-corrected chi connectivity index (χ0v) is 15.3. The van der Waals surface area contributed by atoms with Gasteiger partial charge in [-0.25, -0.2) is 4.39 Å². The second kappa shape index (κ2) is 7.04. The number of piperidine rings is 1. The molecule has 0 aliphatic carbocycles. The van der Waals surface area contributed by atoms with Gasteiger partial charge in [0.1, 0.15) is 12.4 Å². The van der Waals surface area contributed by atoms with E-state index in [4.69, 9.17) is 14.2 Å². The van der Waals surface area contributed by atoms with Gasteiger partial charge in [-0.1, -0.05) is 18.2 Å². The van der Waals surface area contributed by atoms with Gasteiger partial charge in [-0.15, -0.1) is 0 Å². The third-order valence-electron chi connectivity index (χ3n) is 5.79. The van der Waals surface area contributed by atoms with Crippen LogP contribution in [0.15, 0.2) is 36.4 Å². The molecule has 142 valence electrons. The van der Waals surface area contributed by atoms with Crippen LogP contribution in [0.3, 0.4) is 0 Å². The van der Waals surface area contributed by atoms with E-state index in [0.29, 0.717) is 31.3 Å². The third-order valence-corrected chi connectivity index (χ3v) is 5.79. The number of nitrogens with zero attached hydrogens (tertiary/aromatic N) is 1. The summed E-state index contributed by atoms with van der Waals surface area (Å²) >= 11 is 0. The first-order chi connectivity index (χ1) is 13.3. The molecule has 4 nitrogen and oxygen atoms in total. The highest BCUT2D eigenvalue weighted by Gasteiger charge is 2.30. The molecule has 0 amide bonds. The lowest BCUT2D eigenvalue weighted by atomic mass is 9.95. The first kappa shape index (κ1) is 16.9. The van der Waals surface area contributed by atoms with Gasteiger partial charge in [0.2, 0.25) is 0 Å². The topological polar surface area (TPSA) is 30.9 Å². The minimum Gasteiger partial charge on any atom is -0.485 e. The molecule has 1 unspecified atom stereocenters. The van der Waals surface area contributed by atoms with Crippen LogP contribution in [0.25, 0.3) is 0 Å². The molecule has 1 atom stereocenters. The van der Waals surface area contributed by atoms with Crippen molar-refractivity contribution in [3.8, 4) is 11.5 Å². The number of hydrogen-bond donors (Lipinski definition) is 0. The average Bonchev–Trinajstić information content (AvgIpc) is 2.67. The number of benzene rings is 2. The molecule has 0 aromatic heterocycles. The summed E-state index contributed by atoms with van der Waals surface area (Å²) in [7, 11) is 0. The lowest BCUT2D eigenvalue weighted by Crippen LogP contribution is -2.31. The number of anilines is 1. The smallest absolute Gasteiger partial charge is 0.185 e. The predicted octanol–water partition coefficient (Wildman–Crippen LogP) is 4.44. The lowest BCUT2D eigenvalue weighted by Gasteiger charge is -2.34. The molecule has 0 bridgehead atoms. The molecule has 0 N–H and O–H groups in total. The highest BCUT2D eigenvalue weighted by molar-refractivity contribution is 5.65. The number of para-hydroxylation sites is 1. The number of ether oxygens (including phenoxy) is 3. The second-order valence-electron chi connectivity index (χ2n) is 7.58. The van der Waals surface area contributed by atoms with E-state index in [9.17, 15) is 4.39 Å². The highest BCUT2D eigenvalue weighted by Crippen LogP contribution is 2.44. The number of hydrogen-bond acceptors (Lipinski definition) is 4. The molecular weight excluding hydrogens is 345 g/mol. The third kappa shape index (κ3) is 3.14. The maximum Gasteiger partial charge on any atom is 0.185 e. The molecule has 2 aromatic rings. The normalized spacial score (nSPS) is 22.4. The van der Waals surface area contributed by atoms with E-state index in [2.05, 4.69) is 11.0 Å². The van der Waals surface area contributed by atoms with Crippen LogP contribution in [-0.4, -0.2) is 32.9 Å². The van der Waals surface area contributed by atoms with Crippen molar-refractivity contribution in [3.63, 3.8) is 0 Å². The Morgan fingerprint density at radius 3 is 2.56 bits per heavy atom. The van der Waals surface area contributed by atoms with E-state index in [1.54, 1.807) is 6.07 Å². The van der Waals surface area contributed by atoms with E-state index in [1.807, 2.05) is 24.3 Å². The lowest BCUT2D eigenvalue weighted by molar-refractivity contribution is 0.00826. The Balaban J connectivity index is 1.42. The van der Waals surface area contributed by atoms with Crippen LogP contribution in [0.2, 0.25) is 0 Å². The van der Waals surface area contributed by atoms with Crippen molar-refractivity contribution in [2.75, 3.05) is 37.8 Å². The van der Waals surface area contributed by atoms with Crippen LogP contribution in [-0.2, 0) is 4.74 Å². The summed E-state index contributed by atoms with van der Waals surface area (Å²) in [5, 5.41) is 0. The van der Waals surface area contributed by atoms with Gasteiger partial charge in [-0.3, -0.25) is 0 Å². The van der Waals surface area contributed by atoms with E-state index < -0.39 is 6.10 Å². The van der Waals surface area contributed by atoms with Crippen LogP contribution in [0.1, 0.15) is 42.4 Å². The SMILES string of the molecule is Fc1cc(C2COC2)ccc1C1COc2cccc(N3CCCCC3)c2O1. The van der Waals surface area contributed by atoms with Crippen molar-refractivity contribution in [2.45, 2.75) is 31.3 Å². The molecule has 0 saturated carbocycles.